The van der Waals surface area contributed by atoms with E-state index >= 15 is 0 Å². The van der Waals surface area contributed by atoms with Crippen molar-refractivity contribution in [3.8, 4) is 0 Å². The van der Waals surface area contributed by atoms with Gasteiger partial charge in [0.2, 0.25) is 0 Å². The molecule has 0 aromatic heterocycles. The third kappa shape index (κ3) is 7.45. The van der Waals surface area contributed by atoms with Crippen LogP contribution in [0.25, 0.3) is 0 Å². The van der Waals surface area contributed by atoms with Crippen LogP contribution < -0.4 is 22.0 Å². The van der Waals surface area contributed by atoms with Crippen LogP contribution >= 0.6 is 0 Å². The third-order valence-electron chi connectivity index (χ3n) is 3.94. The molecule has 0 aliphatic carbocycles. The predicted octanol–water partition coefficient (Wildman–Crippen LogP) is 0.0821. The summed E-state index contributed by atoms with van der Waals surface area (Å²) in [7, 11) is 1.66. The molecule has 6 N–H and O–H groups in total. The molecule has 0 radical (unpaired) electrons. The van der Waals surface area contributed by atoms with Gasteiger partial charge >= 0.3 is 5.97 Å². The number of nitrogens with zero attached hydrogens (tertiary/aromatic N) is 1. The summed E-state index contributed by atoms with van der Waals surface area (Å²) in [5.41, 5.74) is 12.9. The highest BCUT2D eigenvalue weighted by molar-refractivity contribution is 5.81. The molecule has 2 atom stereocenters. The van der Waals surface area contributed by atoms with Crippen LogP contribution in [0, 0.1) is 0 Å². The first-order valence-corrected chi connectivity index (χ1v) is 8.09. The number of hydrazine groups is 2. The minimum atomic E-state index is -0.806. The summed E-state index contributed by atoms with van der Waals surface area (Å²) in [5.74, 6) is -0.779. The smallest absolute Gasteiger partial charge is 0.320 e. The van der Waals surface area contributed by atoms with Gasteiger partial charge in [-0.2, -0.15) is 0 Å². The van der Waals surface area contributed by atoms with E-state index in [0.29, 0.717) is 12.8 Å². The number of aliphatic carboxylic acids is 1. The number of rotatable bonds is 12. The van der Waals surface area contributed by atoms with Crippen LogP contribution in [-0.4, -0.2) is 47.5 Å². The van der Waals surface area contributed by atoms with E-state index < -0.39 is 12.0 Å². The Labute approximate surface area is 137 Å². The highest BCUT2D eigenvalue weighted by atomic mass is 16.4. The van der Waals surface area contributed by atoms with Crippen molar-refractivity contribution in [2.45, 2.75) is 57.5 Å². The number of hydrogen-bond donors (Lipinski definition) is 5. The number of carbonyl (C=O) groups excluding carboxylic acids is 1. The molecule has 0 aromatic rings. The molecule has 0 aromatic carbocycles. The number of allylic oxidation sites excluding steroid dienone is 1. The number of nitrogens with two attached hydrogens (primary N) is 1. The molecule has 1 aliphatic rings. The fourth-order valence-corrected chi connectivity index (χ4v) is 2.38. The maximum atomic E-state index is 11.1. The third-order valence-corrected chi connectivity index (χ3v) is 3.94. The first-order chi connectivity index (χ1) is 10.9. The number of carbonyl (C=O) groups is 2. The summed E-state index contributed by atoms with van der Waals surface area (Å²) in [4.78, 5) is 21.9. The Hall–Kier alpha value is -1.64. The zero-order valence-electron chi connectivity index (χ0n) is 14.0. The summed E-state index contributed by atoms with van der Waals surface area (Å²) < 4.78 is 0. The summed E-state index contributed by atoms with van der Waals surface area (Å²) in [5, 5.41) is 13.7. The largest absolute Gasteiger partial charge is 0.480 e. The molecule has 8 nitrogen and oxygen atoms in total. The maximum Gasteiger partial charge on any atom is 0.320 e. The monoisotopic (exact) mass is 327 g/mol. The van der Waals surface area contributed by atoms with Crippen LogP contribution in [0.4, 0.5) is 0 Å². The average molecular weight is 327 g/mol. The quantitative estimate of drug-likeness (QED) is 0.320. The van der Waals surface area contributed by atoms with Crippen LogP contribution in [0.3, 0.4) is 0 Å². The second-order valence-corrected chi connectivity index (χ2v) is 5.87. The normalized spacial score (nSPS) is 16.7. The Kier molecular flexibility index (Phi) is 8.60. The van der Waals surface area contributed by atoms with E-state index in [1.165, 1.54) is 6.92 Å². The van der Waals surface area contributed by atoms with Crippen molar-refractivity contribution < 1.29 is 14.7 Å². The maximum absolute atomic E-state index is 11.1. The molecule has 0 amide bonds. The highest BCUT2D eigenvalue weighted by Gasteiger charge is 2.15. The fourth-order valence-electron chi connectivity index (χ4n) is 2.38. The molecular weight excluding hydrogens is 298 g/mol. The van der Waals surface area contributed by atoms with Gasteiger partial charge in [-0.05, 0) is 52.5 Å². The Balaban J connectivity index is 2.16. The zero-order chi connectivity index (χ0) is 17.2. The van der Waals surface area contributed by atoms with Gasteiger partial charge in [0.15, 0.2) is 0 Å². The first kappa shape index (κ1) is 19.4. The standard InChI is InChI=1S/C15H29N5O3/c1-11(21)13(16)7-5-6-12-10-20(19-18-12)9-4-3-8-14(17-2)15(22)23/h10,13-14,17-19H,3-9,16H2,1-2H3,(H,22,23). The Bertz CT molecular complexity index is 427. The molecule has 132 valence electrons. The summed E-state index contributed by atoms with van der Waals surface area (Å²) in [6, 6.07) is -0.841. The van der Waals surface area contributed by atoms with Crippen LogP contribution in [0.2, 0.25) is 0 Å². The topological polar surface area (TPSA) is 120 Å². The molecule has 0 fully saturated rings. The number of unbranched alkanes of at least 4 members (excludes halogenated alkanes) is 1. The molecule has 1 heterocycles. The first-order valence-electron chi connectivity index (χ1n) is 8.09. The number of likely N-dealkylation sites (N-methyl/N-ethyl adjacent to an activating group) is 1. The summed E-state index contributed by atoms with van der Waals surface area (Å²) in [6.07, 6.45) is 6.75. The van der Waals surface area contributed by atoms with Crippen molar-refractivity contribution in [2.75, 3.05) is 13.6 Å². The van der Waals surface area contributed by atoms with Crippen LogP contribution in [0.1, 0.15) is 45.4 Å². The number of carboxylic acid groups (broad SMARTS) is 1. The Morgan fingerprint density at radius 2 is 2.09 bits per heavy atom. The van der Waals surface area contributed by atoms with Gasteiger partial charge in [0.1, 0.15) is 11.8 Å². The lowest BCUT2D eigenvalue weighted by Gasteiger charge is -2.16. The second kappa shape index (κ2) is 10.2. The summed E-state index contributed by atoms with van der Waals surface area (Å²) >= 11 is 0. The summed E-state index contributed by atoms with van der Waals surface area (Å²) in [6.45, 7) is 2.32. The van der Waals surface area contributed by atoms with Gasteiger partial charge in [-0.25, -0.2) is 0 Å². The minimum absolute atomic E-state index is 0.0272. The van der Waals surface area contributed by atoms with Crippen LogP contribution in [-0.2, 0) is 9.59 Å². The molecule has 23 heavy (non-hydrogen) atoms. The fraction of sp³-hybridized carbons (Fsp3) is 0.733. The molecule has 0 saturated heterocycles. The van der Waals surface area contributed by atoms with E-state index in [-0.39, 0.29) is 11.8 Å². The van der Waals surface area contributed by atoms with E-state index in [1.54, 1.807) is 7.05 Å². The van der Waals surface area contributed by atoms with E-state index in [4.69, 9.17) is 10.8 Å². The van der Waals surface area contributed by atoms with Gasteiger partial charge in [0.05, 0.1) is 6.04 Å². The van der Waals surface area contributed by atoms with E-state index in [9.17, 15) is 9.59 Å². The zero-order valence-corrected chi connectivity index (χ0v) is 14.0. The van der Waals surface area contributed by atoms with Crippen molar-refractivity contribution >= 4 is 11.8 Å². The van der Waals surface area contributed by atoms with Crippen molar-refractivity contribution in [1.29, 1.82) is 0 Å². The van der Waals surface area contributed by atoms with E-state index in [1.807, 2.05) is 11.2 Å². The van der Waals surface area contributed by atoms with Gasteiger partial charge in [0.25, 0.3) is 0 Å². The predicted molar refractivity (Wildman–Crippen MR) is 87.9 cm³/mol. The van der Waals surface area contributed by atoms with E-state index in [2.05, 4.69) is 16.3 Å². The van der Waals surface area contributed by atoms with Crippen molar-refractivity contribution in [1.82, 2.24) is 21.3 Å². The van der Waals surface area contributed by atoms with Gasteiger partial charge < -0.3 is 21.6 Å². The van der Waals surface area contributed by atoms with Gasteiger partial charge in [-0.1, -0.05) is 0 Å². The SMILES string of the molecule is CNC(CCCCN1C=C(CCCC(N)C(C)=O)NN1)C(=O)O. The van der Waals surface area contributed by atoms with E-state index in [0.717, 1.165) is 37.9 Å². The molecule has 2 unspecified atom stereocenters. The van der Waals surface area contributed by atoms with Gasteiger partial charge in [-0.15, -0.1) is 5.53 Å². The van der Waals surface area contributed by atoms with Crippen LogP contribution in [0.15, 0.2) is 11.9 Å². The van der Waals surface area contributed by atoms with Crippen LogP contribution in [0.5, 0.6) is 0 Å². The Morgan fingerprint density at radius 1 is 1.35 bits per heavy atom. The number of carboxylic acids is 1. The molecule has 0 saturated carbocycles. The highest BCUT2D eigenvalue weighted by Crippen LogP contribution is 2.11. The number of nitrogens with one attached hydrogen (secondary N) is 3. The van der Waals surface area contributed by atoms with Crippen molar-refractivity contribution in [3.05, 3.63) is 11.9 Å². The molecular formula is C15H29N5O3. The van der Waals surface area contributed by atoms with Gasteiger partial charge in [-0.3, -0.25) is 14.6 Å². The van der Waals surface area contributed by atoms with Crippen molar-refractivity contribution in [2.24, 2.45) is 5.73 Å². The number of Topliss-reactive ketones (excluding diaryl/α,β-unsaturated/α-hetero) is 1. The van der Waals surface area contributed by atoms with Crippen molar-refractivity contribution in [3.63, 3.8) is 0 Å². The lowest BCUT2D eigenvalue weighted by molar-refractivity contribution is -0.139. The molecule has 1 aliphatic heterocycles. The molecule has 0 spiro atoms. The molecule has 8 heteroatoms. The molecule has 1 rings (SSSR count). The lowest BCUT2D eigenvalue weighted by atomic mass is 10.1. The molecule has 0 bridgehead atoms. The minimum Gasteiger partial charge on any atom is -0.480 e. The lowest BCUT2D eigenvalue weighted by Crippen LogP contribution is -2.37. The number of ketones is 1. The second-order valence-electron chi connectivity index (χ2n) is 5.87. The van der Waals surface area contributed by atoms with Gasteiger partial charge in [0, 0.05) is 18.4 Å². The average Bonchev–Trinajstić information content (AvgIpc) is 2.94. The number of hydrogen-bond acceptors (Lipinski definition) is 7. The Morgan fingerprint density at radius 3 is 2.70 bits per heavy atom.